The highest BCUT2D eigenvalue weighted by Gasteiger charge is 2.60. The summed E-state index contributed by atoms with van der Waals surface area (Å²) in [5.74, 6) is 2.89. The van der Waals surface area contributed by atoms with Crippen molar-refractivity contribution >= 4 is 5.78 Å². The van der Waals surface area contributed by atoms with Crippen LogP contribution in [0.1, 0.15) is 63.5 Å². The molecule has 0 amide bonds. The van der Waals surface area contributed by atoms with Gasteiger partial charge >= 0.3 is 0 Å². The summed E-state index contributed by atoms with van der Waals surface area (Å²) in [5.41, 5.74) is 2.63. The fourth-order valence-electron chi connectivity index (χ4n) is 7.13. The quantitative estimate of drug-likeness (QED) is 0.865. The van der Waals surface area contributed by atoms with Gasteiger partial charge in [-0.25, -0.2) is 0 Å². The maximum atomic E-state index is 13.0. The van der Waals surface area contributed by atoms with E-state index in [9.17, 15) is 9.90 Å². The number of fused-ring (bicyclic) bond motifs is 1. The van der Waals surface area contributed by atoms with Crippen molar-refractivity contribution in [2.24, 2.45) is 23.7 Å². The summed E-state index contributed by atoms with van der Waals surface area (Å²) in [4.78, 5) is 15.8. The van der Waals surface area contributed by atoms with Crippen molar-refractivity contribution < 1.29 is 9.90 Å². The van der Waals surface area contributed by atoms with Gasteiger partial charge in [-0.3, -0.25) is 9.69 Å². The number of phenolic OH excluding ortho intramolecular Hbond substituents is 1. The van der Waals surface area contributed by atoms with E-state index in [0.717, 1.165) is 31.7 Å². The molecule has 27 heavy (non-hydrogen) atoms. The molecule has 5 atom stereocenters. The van der Waals surface area contributed by atoms with E-state index in [1.807, 2.05) is 12.1 Å². The lowest BCUT2D eigenvalue weighted by molar-refractivity contribution is -0.140. The van der Waals surface area contributed by atoms with Gasteiger partial charge in [0.2, 0.25) is 0 Å². The molecule has 4 aliphatic rings. The van der Waals surface area contributed by atoms with Crippen LogP contribution in [0.25, 0.3) is 0 Å². The summed E-state index contributed by atoms with van der Waals surface area (Å²) in [7, 11) is 0. The lowest BCUT2D eigenvalue weighted by atomic mass is 9.47. The molecule has 3 aliphatic carbocycles. The largest absolute Gasteiger partial charge is 0.508 e. The second-order valence-electron chi connectivity index (χ2n) is 9.84. The summed E-state index contributed by atoms with van der Waals surface area (Å²) in [6.07, 6.45) is 8.13. The summed E-state index contributed by atoms with van der Waals surface area (Å²) >= 11 is 0. The number of hydrogen-bond acceptors (Lipinski definition) is 3. The first-order chi connectivity index (χ1) is 13.0. The van der Waals surface area contributed by atoms with Gasteiger partial charge in [-0.1, -0.05) is 32.8 Å². The third-order valence-electron chi connectivity index (χ3n) is 8.72. The molecule has 0 aromatic heterocycles. The first kappa shape index (κ1) is 17.7. The smallest absolute Gasteiger partial charge is 0.136 e. The van der Waals surface area contributed by atoms with Crippen molar-refractivity contribution in [1.29, 1.82) is 0 Å². The van der Waals surface area contributed by atoms with E-state index in [1.165, 1.54) is 36.9 Å². The maximum Gasteiger partial charge on any atom is 0.136 e. The topological polar surface area (TPSA) is 40.5 Å². The molecule has 1 aromatic rings. The second kappa shape index (κ2) is 6.34. The van der Waals surface area contributed by atoms with Crippen LogP contribution in [0.2, 0.25) is 0 Å². The van der Waals surface area contributed by atoms with Crippen LogP contribution in [0, 0.1) is 23.7 Å². The number of ketones is 1. The van der Waals surface area contributed by atoms with Gasteiger partial charge in [-0.05, 0) is 73.2 Å². The highest BCUT2D eigenvalue weighted by Crippen LogP contribution is 2.59. The lowest BCUT2D eigenvalue weighted by Gasteiger charge is -2.62. The Kier molecular flexibility index (Phi) is 4.16. The number of nitrogens with zero attached hydrogens (tertiary/aromatic N) is 1. The molecule has 0 radical (unpaired) electrons. The van der Waals surface area contributed by atoms with Crippen molar-refractivity contribution in [3.8, 4) is 5.75 Å². The van der Waals surface area contributed by atoms with Gasteiger partial charge in [-0.15, -0.1) is 0 Å². The predicted molar refractivity (Wildman–Crippen MR) is 107 cm³/mol. The predicted octanol–water partition coefficient (Wildman–Crippen LogP) is 4.31. The summed E-state index contributed by atoms with van der Waals surface area (Å²) in [6.45, 7) is 6.82. The molecule has 1 aromatic carbocycles. The normalized spacial score (nSPS) is 38.8. The number of Topliss-reactive ketones (excluding diaryl/α,β-unsaturated/α-hetero) is 1. The first-order valence-electron chi connectivity index (χ1n) is 11.1. The molecule has 0 spiro atoms. The average molecular weight is 368 g/mol. The van der Waals surface area contributed by atoms with Gasteiger partial charge < -0.3 is 5.11 Å². The highest BCUT2D eigenvalue weighted by atomic mass is 16.3. The number of aromatic hydroxyl groups is 1. The number of piperidine rings is 1. The van der Waals surface area contributed by atoms with Crippen LogP contribution in [-0.2, 0) is 16.6 Å². The van der Waals surface area contributed by atoms with Crippen LogP contribution in [0.3, 0.4) is 0 Å². The SMILES string of the molecule is CC[C@H]1[C@H](C)C(=O)CC23CCN(CC4CCC4)C(Cc4ccc(O)cc42)[C@H]13. The average Bonchev–Trinajstić information content (AvgIpc) is 2.61. The summed E-state index contributed by atoms with van der Waals surface area (Å²) in [6, 6.07) is 6.53. The Balaban J connectivity index is 1.61. The Morgan fingerprint density at radius 3 is 2.81 bits per heavy atom. The van der Waals surface area contributed by atoms with Gasteiger partial charge in [0, 0.05) is 30.3 Å². The van der Waals surface area contributed by atoms with E-state index in [0.29, 0.717) is 35.8 Å². The monoisotopic (exact) mass is 367 g/mol. The first-order valence-corrected chi connectivity index (χ1v) is 11.1. The Morgan fingerprint density at radius 2 is 2.11 bits per heavy atom. The van der Waals surface area contributed by atoms with Crippen LogP contribution in [0.5, 0.6) is 5.75 Å². The minimum atomic E-state index is -0.0443. The molecule has 3 fully saturated rings. The van der Waals surface area contributed by atoms with Crippen LogP contribution < -0.4 is 0 Å². The van der Waals surface area contributed by atoms with Gasteiger partial charge in [0.15, 0.2) is 0 Å². The van der Waals surface area contributed by atoms with Crippen molar-refractivity contribution in [2.75, 3.05) is 13.1 Å². The molecule has 1 heterocycles. The number of likely N-dealkylation sites (tertiary alicyclic amines) is 1. The molecular weight excluding hydrogens is 334 g/mol. The third-order valence-corrected chi connectivity index (χ3v) is 8.72. The second-order valence-corrected chi connectivity index (χ2v) is 9.84. The number of hydrogen-bond donors (Lipinski definition) is 1. The van der Waals surface area contributed by atoms with Crippen molar-refractivity contribution in [3.05, 3.63) is 29.3 Å². The Morgan fingerprint density at radius 1 is 1.30 bits per heavy atom. The number of phenols is 1. The zero-order chi connectivity index (χ0) is 18.8. The molecule has 2 bridgehead atoms. The van der Waals surface area contributed by atoms with E-state index < -0.39 is 0 Å². The number of carbonyl (C=O) groups excluding carboxylic acids is 1. The summed E-state index contributed by atoms with van der Waals surface area (Å²) in [5, 5.41) is 10.2. The summed E-state index contributed by atoms with van der Waals surface area (Å²) < 4.78 is 0. The molecular formula is C24H33NO2. The number of carbonyl (C=O) groups is 1. The molecule has 146 valence electrons. The van der Waals surface area contributed by atoms with Crippen molar-refractivity contribution in [3.63, 3.8) is 0 Å². The standard InChI is InChI=1S/C24H33NO2/c1-3-19-15(2)22(27)13-24-9-10-25(14-16-5-4-6-16)21(23(19)24)11-17-7-8-18(26)12-20(17)24/h7-8,12,15-16,19,21,23,26H,3-6,9-11,13-14H2,1-2H3/t15-,19-,21?,23-,24?/m0/s1. The Labute approximate surface area is 163 Å². The molecule has 3 heteroatoms. The molecule has 2 saturated carbocycles. The lowest BCUT2D eigenvalue weighted by Crippen LogP contribution is -2.66. The fraction of sp³-hybridized carbons (Fsp3) is 0.708. The number of rotatable bonds is 3. The van der Waals surface area contributed by atoms with Crippen molar-refractivity contribution in [2.45, 2.75) is 70.3 Å². The van der Waals surface area contributed by atoms with Crippen LogP contribution in [-0.4, -0.2) is 34.9 Å². The van der Waals surface area contributed by atoms with E-state index in [-0.39, 0.29) is 11.3 Å². The third kappa shape index (κ3) is 2.53. The number of benzene rings is 1. The minimum Gasteiger partial charge on any atom is -0.508 e. The van der Waals surface area contributed by atoms with E-state index in [1.54, 1.807) is 0 Å². The molecule has 3 nitrogen and oxygen atoms in total. The van der Waals surface area contributed by atoms with E-state index >= 15 is 0 Å². The zero-order valence-electron chi connectivity index (χ0n) is 16.8. The van der Waals surface area contributed by atoms with Gasteiger partial charge in [0.1, 0.15) is 11.5 Å². The van der Waals surface area contributed by atoms with Crippen molar-refractivity contribution in [1.82, 2.24) is 4.90 Å². The van der Waals surface area contributed by atoms with E-state index in [4.69, 9.17) is 0 Å². The van der Waals surface area contributed by atoms with Crippen LogP contribution in [0.4, 0.5) is 0 Å². The fourth-order valence-corrected chi connectivity index (χ4v) is 7.13. The Bertz CT molecular complexity index is 755. The molecule has 5 rings (SSSR count). The van der Waals surface area contributed by atoms with Crippen LogP contribution >= 0.6 is 0 Å². The van der Waals surface area contributed by atoms with Gasteiger partial charge in [0.25, 0.3) is 0 Å². The molecule has 1 N–H and O–H groups in total. The maximum absolute atomic E-state index is 13.0. The van der Waals surface area contributed by atoms with Gasteiger partial charge in [0.05, 0.1) is 0 Å². The Hall–Kier alpha value is -1.35. The molecule has 2 unspecified atom stereocenters. The molecule has 1 aliphatic heterocycles. The van der Waals surface area contributed by atoms with E-state index in [2.05, 4.69) is 24.8 Å². The van der Waals surface area contributed by atoms with Crippen LogP contribution in [0.15, 0.2) is 18.2 Å². The minimum absolute atomic E-state index is 0.0443. The molecule has 1 saturated heterocycles. The highest BCUT2D eigenvalue weighted by molar-refractivity contribution is 5.84. The van der Waals surface area contributed by atoms with Gasteiger partial charge in [-0.2, -0.15) is 0 Å². The zero-order valence-corrected chi connectivity index (χ0v) is 16.8.